The van der Waals surface area contributed by atoms with Crippen LogP contribution in [0.2, 0.25) is 0 Å². The Kier molecular flexibility index (Phi) is 5.30. The van der Waals surface area contributed by atoms with Crippen LogP contribution >= 0.6 is 0 Å². The number of benzene rings is 2. The summed E-state index contributed by atoms with van der Waals surface area (Å²) in [4.78, 5) is 12.5. The van der Waals surface area contributed by atoms with Crippen molar-refractivity contribution in [2.75, 3.05) is 10.4 Å². The Morgan fingerprint density at radius 2 is 1.74 bits per heavy atom. The molecule has 2 aromatic rings. The van der Waals surface area contributed by atoms with Crippen molar-refractivity contribution in [1.29, 1.82) is 0 Å². The van der Waals surface area contributed by atoms with Crippen LogP contribution in [-0.2, 0) is 11.3 Å². The Morgan fingerprint density at radius 1 is 1.04 bits per heavy atom. The number of anilines is 2. The van der Waals surface area contributed by atoms with Crippen LogP contribution in [0.25, 0.3) is 0 Å². The van der Waals surface area contributed by atoms with E-state index in [9.17, 15) is 10.0 Å². The van der Waals surface area contributed by atoms with Gasteiger partial charge in [0.15, 0.2) is 0 Å². The lowest BCUT2D eigenvalue weighted by Crippen LogP contribution is -2.37. The summed E-state index contributed by atoms with van der Waals surface area (Å²) in [6.45, 7) is 0.601. The lowest BCUT2D eigenvalue weighted by atomic mass is 9.79. The highest BCUT2D eigenvalue weighted by Gasteiger charge is 2.32. The van der Waals surface area contributed by atoms with Gasteiger partial charge in [-0.05, 0) is 55.7 Å². The van der Waals surface area contributed by atoms with Crippen LogP contribution in [0.4, 0.5) is 11.4 Å². The highest BCUT2D eigenvalue weighted by Crippen LogP contribution is 2.38. The standard InChI is InChI=1S/C22H27N3O2/c26-22(23-15-17-6-2-1-3-7-17)18-12-10-16(11-13-18)14-21-24-19-8-4-5-9-20(19)25(21)27/h1-9,16,18,21,24,27H,10-15H2,(H,23,26). The van der Waals surface area contributed by atoms with Crippen molar-refractivity contribution in [3.8, 4) is 0 Å². The highest BCUT2D eigenvalue weighted by molar-refractivity contribution is 5.78. The first kappa shape index (κ1) is 17.9. The molecule has 1 saturated carbocycles. The highest BCUT2D eigenvalue weighted by atomic mass is 16.5. The Balaban J connectivity index is 1.23. The minimum atomic E-state index is -0.0733. The molecule has 27 heavy (non-hydrogen) atoms. The van der Waals surface area contributed by atoms with E-state index in [0.717, 1.165) is 49.0 Å². The van der Waals surface area contributed by atoms with E-state index in [2.05, 4.69) is 10.6 Å². The number of hydroxylamine groups is 1. The van der Waals surface area contributed by atoms with Gasteiger partial charge in [0.1, 0.15) is 6.17 Å². The largest absolute Gasteiger partial charge is 0.362 e. The number of para-hydroxylation sites is 2. The number of rotatable bonds is 5. The zero-order chi connectivity index (χ0) is 18.6. The minimum absolute atomic E-state index is 0.0733. The molecule has 5 nitrogen and oxygen atoms in total. The second-order valence-corrected chi connectivity index (χ2v) is 7.68. The molecule has 1 aliphatic heterocycles. The molecule has 1 aliphatic carbocycles. The third-order valence-corrected chi connectivity index (χ3v) is 5.85. The van der Waals surface area contributed by atoms with E-state index in [0.29, 0.717) is 12.5 Å². The fourth-order valence-electron chi connectivity index (χ4n) is 4.27. The van der Waals surface area contributed by atoms with E-state index in [1.54, 1.807) is 0 Å². The fraction of sp³-hybridized carbons (Fsp3) is 0.409. The Hall–Kier alpha value is -2.53. The number of carbonyl (C=O) groups excluding carboxylic acids is 1. The van der Waals surface area contributed by atoms with Crippen molar-refractivity contribution in [3.63, 3.8) is 0 Å². The summed E-state index contributed by atoms with van der Waals surface area (Å²) in [5.41, 5.74) is 2.96. The second kappa shape index (κ2) is 8.01. The summed E-state index contributed by atoms with van der Waals surface area (Å²) in [5, 5.41) is 18.2. The molecule has 0 radical (unpaired) electrons. The van der Waals surface area contributed by atoms with Gasteiger partial charge in [0.25, 0.3) is 0 Å². The number of hydrogen-bond acceptors (Lipinski definition) is 4. The van der Waals surface area contributed by atoms with Gasteiger partial charge < -0.3 is 10.6 Å². The minimum Gasteiger partial charge on any atom is -0.362 e. The third kappa shape index (κ3) is 4.08. The van der Waals surface area contributed by atoms with E-state index in [4.69, 9.17) is 0 Å². The molecule has 142 valence electrons. The maximum absolute atomic E-state index is 12.5. The summed E-state index contributed by atoms with van der Waals surface area (Å²) in [7, 11) is 0. The van der Waals surface area contributed by atoms with Crippen LogP contribution in [0.1, 0.15) is 37.7 Å². The lowest BCUT2D eigenvalue weighted by Gasteiger charge is -2.31. The van der Waals surface area contributed by atoms with Crippen LogP contribution < -0.4 is 15.7 Å². The quantitative estimate of drug-likeness (QED) is 0.745. The maximum Gasteiger partial charge on any atom is 0.223 e. The smallest absolute Gasteiger partial charge is 0.223 e. The van der Waals surface area contributed by atoms with E-state index < -0.39 is 0 Å². The van der Waals surface area contributed by atoms with Gasteiger partial charge in [0, 0.05) is 12.5 Å². The molecule has 4 rings (SSSR count). The predicted octanol–water partition coefficient (Wildman–Crippen LogP) is 4.15. The van der Waals surface area contributed by atoms with E-state index in [-0.39, 0.29) is 18.0 Å². The van der Waals surface area contributed by atoms with Gasteiger partial charge in [0.2, 0.25) is 5.91 Å². The first-order chi connectivity index (χ1) is 13.2. The maximum atomic E-state index is 12.5. The SMILES string of the molecule is O=C(NCc1ccccc1)C1CCC(CC2Nc3ccccc3N2O)CC1. The average Bonchev–Trinajstić information content (AvgIpc) is 3.03. The number of fused-ring (bicyclic) bond motifs is 1. The first-order valence-electron chi connectivity index (χ1n) is 9.86. The van der Waals surface area contributed by atoms with Crippen LogP contribution in [0.5, 0.6) is 0 Å². The predicted molar refractivity (Wildman–Crippen MR) is 106 cm³/mol. The molecule has 0 spiro atoms. The molecule has 0 saturated heterocycles. The van der Waals surface area contributed by atoms with Gasteiger partial charge in [-0.15, -0.1) is 0 Å². The monoisotopic (exact) mass is 365 g/mol. The van der Waals surface area contributed by atoms with Crippen molar-refractivity contribution < 1.29 is 10.0 Å². The van der Waals surface area contributed by atoms with Gasteiger partial charge in [-0.2, -0.15) is 0 Å². The lowest BCUT2D eigenvalue weighted by molar-refractivity contribution is -0.126. The van der Waals surface area contributed by atoms with Gasteiger partial charge in [-0.3, -0.25) is 10.0 Å². The van der Waals surface area contributed by atoms with Crippen LogP contribution in [0.15, 0.2) is 54.6 Å². The fourth-order valence-corrected chi connectivity index (χ4v) is 4.27. The zero-order valence-corrected chi connectivity index (χ0v) is 15.5. The molecule has 0 aromatic heterocycles. The summed E-state index contributed by atoms with van der Waals surface area (Å²) < 4.78 is 0. The molecular weight excluding hydrogens is 338 g/mol. The van der Waals surface area contributed by atoms with Gasteiger partial charge in [-0.1, -0.05) is 42.5 Å². The number of nitrogens with zero attached hydrogens (tertiary/aromatic N) is 1. The molecular formula is C22H27N3O2. The van der Waals surface area contributed by atoms with Crippen molar-refractivity contribution in [3.05, 3.63) is 60.2 Å². The molecule has 3 N–H and O–H groups in total. The molecule has 2 aromatic carbocycles. The molecule has 5 heteroatoms. The van der Waals surface area contributed by atoms with Crippen molar-refractivity contribution in [1.82, 2.24) is 5.32 Å². The van der Waals surface area contributed by atoms with Crippen LogP contribution in [0, 0.1) is 11.8 Å². The third-order valence-electron chi connectivity index (χ3n) is 5.85. The van der Waals surface area contributed by atoms with Crippen molar-refractivity contribution in [2.45, 2.75) is 44.8 Å². The summed E-state index contributed by atoms with van der Waals surface area (Å²) in [6, 6.07) is 17.9. The number of hydrogen-bond donors (Lipinski definition) is 3. The summed E-state index contributed by atoms with van der Waals surface area (Å²) in [5.74, 6) is 0.820. The summed E-state index contributed by atoms with van der Waals surface area (Å²) in [6.07, 6.45) is 4.74. The Bertz CT molecular complexity index is 772. The molecule has 1 unspecified atom stereocenters. The van der Waals surface area contributed by atoms with E-state index in [1.165, 1.54) is 5.06 Å². The Morgan fingerprint density at radius 3 is 2.48 bits per heavy atom. The van der Waals surface area contributed by atoms with Crippen LogP contribution in [0.3, 0.4) is 0 Å². The summed E-state index contributed by atoms with van der Waals surface area (Å²) >= 11 is 0. The number of carbonyl (C=O) groups is 1. The number of nitrogens with one attached hydrogen (secondary N) is 2. The van der Waals surface area contributed by atoms with Crippen molar-refractivity contribution >= 4 is 17.3 Å². The van der Waals surface area contributed by atoms with Gasteiger partial charge in [-0.25, -0.2) is 5.06 Å². The van der Waals surface area contributed by atoms with Crippen LogP contribution in [-0.4, -0.2) is 17.3 Å². The topological polar surface area (TPSA) is 64.6 Å². The molecule has 1 atom stereocenters. The molecule has 1 heterocycles. The van der Waals surface area contributed by atoms with Gasteiger partial charge >= 0.3 is 0 Å². The van der Waals surface area contributed by atoms with Gasteiger partial charge in [0.05, 0.1) is 11.4 Å². The second-order valence-electron chi connectivity index (χ2n) is 7.68. The molecule has 0 bridgehead atoms. The number of amides is 1. The zero-order valence-electron chi connectivity index (χ0n) is 15.5. The van der Waals surface area contributed by atoms with E-state index >= 15 is 0 Å². The van der Waals surface area contributed by atoms with Crippen molar-refractivity contribution in [2.24, 2.45) is 11.8 Å². The first-order valence-corrected chi connectivity index (χ1v) is 9.86. The normalized spacial score (nSPS) is 24.2. The molecule has 1 fully saturated rings. The Labute approximate surface area is 160 Å². The average molecular weight is 365 g/mol. The molecule has 2 aliphatic rings. The van der Waals surface area contributed by atoms with E-state index in [1.807, 2.05) is 54.6 Å². The molecule has 1 amide bonds.